The maximum Gasteiger partial charge on any atom is 0.135 e. The van der Waals surface area contributed by atoms with E-state index in [0.717, 1.165) is 94.3 Å². The average molecular weight is 806 g/mol. The molecule has 2 aromatic heterocycles. The van der Waals surface area contributed by atoms with Gasteiger partial charge < -0.3 is 13.7 Å². The lowest BCUT2D eigenvalue weighted by molar-refractivity contribution is 0.668. The Labute approximate surface area is 365 Å². The third-order valence-corrected chi connectivity index (χ3v) is 12.3. The van der Waals surface area contributed by atoms with Crippen molar-refractivity contribution in [2.45, 2.75) is 0 Å². The molecule has 0 atom stereocenters. The van der Waals surface area contributed by atoms with E-state index in [1.807, 2.05) is 24.3 Å². The first kappa shape index (κ1) is 36.5. The van der Waals surface area contributed by atoms with Crippen molar-refractivity contribution in [2.75, 3.05) is 4.90 Å². The van der Waals surface area contributed by atoms with Gasteiger partial charge in [0.1, 0.15) is 22.3 Å². The Morgan fingerprint density at radius 3 is 0.921 bits per heavy atom. The van der Waals surface area contributed by atoms with E-state index in [1.54, 1.807) is 0 Å². The number of hydrogen-bond donors (Lipinski definition) is 0. The predicted octanol–water partition coefficient (Wildman–Crippen LogP) is 17.3. The summed E-state index contributed by atoms with van der Waals surface area (Å²) in [6.07, 6.45) is 0. The maximum absolute atomic E-state index is 6.23. The van der Waals surface area contributed by atoms with Crippen LogP contribution in [0.4, 0.5) is 17.1 Å². The van der Waals surface area contributed by atoms with Crippen LogP contribution in [0.25, 0.3) is 99.5 Å². The summed E-state index contributed by atoms with van der Waals surface area (Å²) in [6.45, 7) is 0. The molecule has 2 heterocycles. The lowest BCUT2D eigenvalue weighted by Gasteiger charge is -2.26. The van der Waals surface area contributed by atoms with Gasteiger partial charge in [-0.2, -0.15) is 0 Å². The third-order valence-electron chi connectivity index (χ3n) is 12.3. The highest BCUT2D eigenvalue weighted by Crippen LogP contribution is 2.41. The van der Waals surface area contributed by atoms with Gasteiger partial charge in [-0.25, -0.2) is 0 Å². The van der Waals surface area contributed by atoms with Crippen LogP contribution >= 0.6 is 0 Å². The van der Waals surface area contributed by atoms with Crippen LogP contribution < -0.4 is 4.90 Å². The van der Waals surface area contributed by atoms with Crippen LogP contribution in [0.2, 0.25) is 0 Å². The Morgan fingerprint density at radius 1 is 0.206 bits per heavy atom. The second-order valence-electron chi connectivity index (χ2n) is 16.1. The van der Waals surface area contributed by atoms with E-state index in [4.69, 9.17) is 8.83 Å². The van der Waals surface area contributed by atoms with Crippen molar-refractivity contribution in [2.24, 2.45) is 0 Å². The van der Waals surface area contributed by atoms with Gasteiger partial charge in [-0.05, 0) is 147 Å². The standard InChI is InChI=1S/C60H39NO2/c1-3-11-40(12-4-1)42-19-27-50(28-20-42)61(51-29-21-43(22-30-51)41-13-5-2-6-14-41)52-31-23-44(24-32-52)47-35-48(45-25-33-59-55(38-45)53-15-7-9-17-57(53)62-59)37-49(36-47)46-26-34-60-56(39-46)54-16-8-10-18-58(54)63-60/h1-39H. The molecule has 0 aliphatic heterocycles. The molecule has 0 saturated heterocycles. The van der Waals surface area contributed by atoms with Crippen LogP contribution in [-0.4, -0.2) is 0 Å². The van der Waals surface area contributed by atoms with Crippen molar-refractivity contribution in [1.82, 2.24) is 0 Å². The lowest BCUT2D eigenvalue weighted by Crippen LogP contribution is -2.09. The van der Waals surface area contributed by atoms with E-state index < -0.39 is 0 Å². The number of rotatable bonds is 8. The Bertz CT molecular complexity index is 3370. The zero-order valence-corrected chi connectivity index (χ0v) is 34.3. The second-order valence-corrected chi connectivity index (χ2v) is 16.1. The van der Waals surface area contributed by atoms with Gasteiger partial charge in [0.05, 0.1) is 0 Å². The summed E-state index contributed by atoms with van der Waals surface area (Å²) in [5.74, 6) is 0. The van der Waals surface area contributed by atoms with Gasteiger partial charge in [-0.3, -0.25) is 0 Å². The second kappa shape index (κ2) is 15.3. The molecular weight excluding hydrogens is 767 g/mol. The molecule has 0 bridgehead atoms. The molecule has 10 aromatic carbocycles. The highest BCUT2D eigenvalue weighted by atomic mass is 16.3. The molecule has 0 spiro atoms. The monoisotopic (exact) mass is 805 g/mol. The Hall–Kier alpha value is -8.40. The van der Waals surface area contributed by atoms with Crippen LogP contribution in [0, 0.1) is 0 Å². The molecule has 12 rings (SSSR count). The van der Waals surface area contributed by atoms with E-state index in [0.29, 0.717) is 0 Å². The Kier molecular flexibility index (Phi) is 8.83. The normalized spacial score (nSPS) is 11.5. The minimum absolute atomic E-state index is 0.887. The van der Waals surface area contributed by atoms with Gasteiger partial charge in [0, 0.05) is 38.6 Å². The molecule has 0 aliphatic rings. The fourth-order valence-electron chi connectivity index (χ4n) is 9.06. The minimum atomic E-state index is 0.887. The number of anilines is 3. The van der Waals surface area contributed by atoms with Gasteiger partial charge in [0.2, 0.25) is 0 Å². The van der Waals surface area contributed by atoms with E-state index in [1.165, 1.54) is 22.3 Å². The molecule has 0 amide bonds. The molecule has 63 heavy (non-hydrogen) atoms. The molecule has 0 N–H and O–H groups in total. The Morgan fingerprint density at radius 2 is 0.508 bits per heavy atom. The lowest BCUT2D eigenvalue weighted by atomic mass is 9.92. The summed E-state index contributed by atoms with van der Waals surface area (Å²) >= 11 is 0. The first-order chi connectivity index (χ1) is 31.2. The third kappa shape index (κ3) is 6.73. The van der Waals surface area contributed by atoms with Gasteiger partial charge in [-0.1, -0.05) is 146 Å². The van der Waals surface area contributed by atoms with E-state index in [9.17, 15) is 0 Å². The molecule has 0 unspecified atom stereocenters. The summed E-state index contributed by atoms with van der Waals surface area (Å²) in [7, 11) is 0. The molecule has 0 aliphatic carbocycles. The highest BCUT2D eigenvalue weighted by Gasteiger charge is 2.16. The molecule has 0 fully saturated rings. The number of nitrogens with zero attached hydrogens (tertiary/aromatic N) is 1. The first-order valence-electron chi connectivity index (χ1n) is 21.4. The van der Waals surface area contributed by atoms with Crippen LogP contribution in [0.3, 0.4) is 0 Å². The van der Waals surface area contributed by atoms with Crippen molar-refractivity contribution in [3.05, 3.63) is 237 Å². The van der Waals surface area contributed by atoms with Crippen molar-refractivity contribution in [3.63, 3.8) is 0 Å². The van der Waals surface area contributed by atoms with E-state index >= 15 is 0 Å². The number of furan rings is 2. The minimum Gasteiger partial charge on any atom is -0.456 e. The molecule has 0 saturated carbocycles. The SMILES string of the molecule is c1ccc(-c2ccc(N(c3ccc(-c4ccccc4)cc3)c3ccc(-c4cc(-c5ccc6oc7ccccc7c6c5)cc(-c5ccc6oc7ccccc7c6c5)c4)cc3)cc2)cc1. The summed E-state index contributed by atoms with van der Waals surface area (Å²) in [6, 6.07) is 84.4. The molecule has 12 aromatic rings. The quantitative estimate of drug-likeness (QED) is 0.153. The van der Waals surface area contributed by atoms with Crippen LogP contribution in [-0.2, 0) is 0 Å². The van der Waals surface area contributed by atoms with Crippen LogP contribution in [0.5, 0.6) is 0 Å². The summed E-state index contributed by atoms with van der Waals surface area (Å²) in [4.78, 5) is 2.34. The predicted molar refractivity (Wildman–Crippen MR) is 263 cm³/mol. The zero-order valence-electron chi connectivity index (χ0n) is 34.3. The molecule has 296 valence electrons. The van der Waals surface area contributed by atoms with Gasteiger partial charge in [0.25, 0.3) is 0 Å². The van der Waals surface area contributed by atoms with Gasteiger partial charge >= 0.3 is 0 Å². The average Bonchev–Trinajstić information content (AvgIpc) is 3.93. The van der Waals surface area contributed by atoms with Crippen LogP contribution in [0.1, 0.15) is 0 Å². The molecule has 0 radical (unpaired) electrons. The zero-order chi connectivity index (χ0) is 41.7. The van der Waals surface area contributed by atoms with Crippen molar-refractivity contribution in [1.29, 1.82) is 0 Å². The number of benzene rings is 10. The topological polar surface area (TPSA) is 29.5 Å². The molecular formula is C60H39NO2. The van der Waals surface area contributed by atoms with Crippen molar-refractivity contribution < 1.29 is 8.83 Å². The fourth-order valence-corrected chi connectivity index (χ4v) is 9.06. The number of fused-ring (bicyclic) bond motifs is 6. The summed E-state index contributed by atoms with van der Waals surface area (Å²) in [5, 5.41) is 4.46. The highest BCUT2D eigenvalue weighted by molar-refractivity contribution is 6.08. The fraction of sp³-hybridized carbons (Fsp3) is 0. The van der Waals surface area contributed by atoms with Crippen molar-refractivity contribution in [3.8, 4) is 55.6 Å². The largest absolute Gasteiger partial charge is 0.456 e. The summed E-state index contributed by atoms with van der Waals surface area (Å²) in [5.41, 5.74) is 18.4. The van der Waals surface area contributed by atoms with Gasteiger partial charge in [-0.15, -0.1) is 0 Å². The molecule has 3 nitrogen and oxygen atoms in total. The van der Waals surface area contributed by atoms with Crippen LogP contribution in [0.15, 0.2) is 245 Å². The Balaban J connectivity index is 0.970. The molecule has 3 heteroatoms. The van der Waals surface area contributed by atoms with E-state index in [-0.39, 0.29) is 0 Å². The first-order valence-corrected chi connectivity index (χ1v) is 21.4. The van der Waals surface area contributed by atoms with Gasteiger partial charge in [0.15, 0.2) is 0 Å². The number of hydrogen-bond acceptors (Lipinski definition) is 3. The maximum atomic E-state index is 6.23. The van der Waals surface area contributed by atoms with E-state index in [2.05, 4.69) is 217 Å². The van der Waals surface area contributed by atoms with Crippen molar-refractivity contribution >= 4 is 60.9 Å². The smallest absolute Gasteiger partial charge is 0.135 e. The summed E-state index contributed by atoms with van der Waals surface area (Å²) < 4.78 is 12.5. The number of para-hydroxylation sites is 2.